The third-order valence-corrected chi connectivity index (χ3v) is 17.4. The summed E-state index contributed by atoms with van der Waals surface area (Å²) >= 11 is 0. The molecule has 0 aromatic rings. The lowest BCUT2D eigenvalue weighted by molar-refractivity contribution is -0.379. The van der Waals surface area contributed by atoms with Crippen LogP contribution in [-0.4, -0.2) is 193 Å². The fraction of sp³-hybridized carbons (Fsp3) is 0.795. The van der Waals surface area contributed by atoms with Gasteiger partial charge in [-0.1, -0.05) is 234 Å². The number of allylic oxidation sites excluding steroid dienone is 13. The lowest BCUT2D eigenvalue weighted by atomic mass is 9.96. The van der Waals surface area contributed by atoms with Crippen LogP contribution >= 0.6 is 0 Å². The number of hydrogen-bond donors (Lipinski definition) is 12. The van der Waals surface area contributed by atoms with E-state index in [2.05, 4.69) is 92.1 Å². The Kier molecular flexibility index (Phi) is 48.9. The highest BCUT2D eigenvalue weighted by Crippen LogP contribution is 2.33. The van der Waals surface area contributed by atoms with Crippen LogP contribution in [-0.2, 0) is 33.2 Å². The van der Waals surface area contributed by atoms with E-state index in [0.29, 0.717) is 12.8 Å². The predicted octanol–water partition coefficient (Wildman–Crippen LogP) is 9.88. The SMILES string of the molecule is CC/C=C\C/C=C\C/C=C\C/C=C\CCCCCCCCCCCCCCC(=O)NC(COC1OC(CO)C(OC2OC(CO)C(OC3OC(CO)C(O)C(O)C3O)C(O)C2O)C(O)C1O)C(O)/C=C/CC/C=C/CC/C=C/CCCCCCCCCCCCCC. The first-order valence-electron chi connectivity index (χ1n) is 35.8. The van der Waals surface area contributed by atoms with Crippen LogP contribution < -0.4 is 5.32 Å². The maximum absolute atomic E-state index is 13.4. The number of amides is 1. The first-order valence-corrected chi connectivity index (χ1v) is 35.8. The summed E-state index contributed by atoms with van der Waals surface area (Å²) < 4.78 is 34.3. The van der Waals surface area contributed by atoms with Crippen LogP contribution in [0.25, 0.3) is 0 Å². The van der Waals surface area contributed by atoms with E-state index < -0.39 is 124 Å². The molecule has 3 heterocycles. The van der Waals surface area contributed by atoms with E-state index in [0.717, 1.165) is 83.5 Å². The lowest BCUT2D eigenvalue weighted by Gasteiger charge is -2.48. The molecule has 17 atom stereocenters. The number of ether oxygens (including phenoxy) is 6. The first-order chi connectivity index (χ1) is 44.8. The van der Waals surface area contributed by atoms with Crippen molar-refractivity contribution >= 4 is 5.91 Å². The molecule has 12 N–H and O–H groups in total. The van der Waals surface area contributed by atoms with Crippen molar-refractivity contribution in [3.63, 3.8) is 0 Å². The molecule has 17 unspecified atom stereocenters. The number of nitrogens with one attached hydrogen (secondary N) is 1. The van der Waals surface area contributed by atoms with Gasteiger partial charge in [0.05, 0.1) is 38.6 Å². The van der Waals surface area contributed by atoms with Crippen molar-refractivity contribution in [1.82, 2.24) is 5.32 Å². The molecule has 0 aromatic carbocycles. The quantitative estimate of drug-likeness (QED) is 0.0199. The second-order valence-electron chi connectivity index (χ2n) is 25.3. The van der Waals surface area contributed by atoms with Gasteiger partial charge in [-0.05, 0) is 83.5 Å². The zero-order valence-corrected chi connectivity index (χ0v) is 56.3. The second-order valence-corrected chi connectivity index (χ2v) is 25.3. The Hall–Kier alpha value is -3.03. The molecule has 3 rings (SSSR count). The standard InChI is InChI=1S/C73H127NO18/c1-3-5-7-9-11-13-15-17-19-21-23-25-27-28-29-31-33-35-37-39-41-43-45-47-49-51-61(79)74-56(57(78)50-48-46-44-42-40-38-36-34-32-30-26-24-22-20-18-16-14-12-10-8-6-4-2)55-87-71-67(85)64(82)69(59(53-76)89-71)92-73-68(86)65(83)70(60(54-77)90-73)91-72-66(84)63(81)62(80)58(52-75)88-72/h5,7,11,13,17,19,23,25,32,34,40,42,48,50,56-60,62-73,75-78,80-86H,3-4,6,8-10,12,14-16,18,20-22,24,26-31,33,35-39,41,43-47,49,51-55H2,1-2H3,(H,74,79)/b7-5-,13-11-,19-17-,25-23-,34-32+,42-40+,50-48+. The van der Waals surface area contributed by atoms with Gasteiger partial charge in [-0.2, -0.15) is 0 Å². The van der Waals surface area contributed by atoms with Crippen molar-refractivity contribution in [2.75, 3.05) is 26.4 Å². The fourth-order valence-electron chi connectivity index (χ4n) is 11.6. The minimum absolute atomic E-state index is 0.225. The topological polar surface area (TPSA) is 307 Å². The third kappa shape index (κ3) is 35.3. The summed E-state index contributed by atoms with van der Waals surface area (Å²) in [6, 6.07) is -1.00. The number of aliphatic hydroxyl groups excluding tert-OH is 11. The number of carbonyl (C=O) groups excluding carboxylic acids is 1. The summed E-state index contributed by atoms with van der Waals surface area (Å²) in [7, 11) is 0. The maximum atomic E-state index is 13.4. The predicted molar refractivity (Wildman–Crippen MR) is 360 cm³/mol. The van der Waals surface area contributed by atoms with Gasteiger partial charge < -0.3 is 89.9 Å². The fourth-order valence-corrected chi connectivity index (χ4v) is 11.6. The summed E-state index contributed by atoms with van der Waals surface area (Å²) in [4.78, 5) is 13.4. The van der Waals surface area contributed by atoms with Crippen LogP contribution in [0, 0.1) is 0 Å². The highest BCUT2D eigenvalue weighted by atomic mass is 16.8. The van der Waals surface area contributed by atoms with Gasteiger partial charge in [-0.15, -0.1) is 0 Å². The molecule has 3 fully saturated rings. The summed E-state index contributed by atoms with van der Waals surface area (Å²) in [5, 5.41) is 121. The summed E-state index contributed by atoms with van der Waals surface area (Å²) in [6.07, 6.45) is 42.7. The van der Waals surface area contributed by atoms with E-state index in [-0.39, 0.29) is 18.9 Å². The molecule has 0 radical (unpaired) electrons. The van der Waals surface area contributed by atoms with Crippen LogP contribution in [0.5, 0.6) is 0 Å². The molecular weight excluding hydrogens is 1180 g/mol. The second kappa shape index (κ2) is 54.0. The van der Waals surface area contributed by atoms with Crippen molar-refractivity contribution in [3.8, 4) is 0 Å². The average molecular weight is 1310 g/mol. The molecule has 0 spiro atoms. The largest absolute Gasteiger partial charge is 0.394 e. The minimum Gasteiger partial charge on any atom is -0.394 e. The van der Waals surface area contributed by atoms with E-state index in [4.69, 9.17) is 28.4 Å². The minimum atomic E-state index is -1.99. The first kappa shape index (κ1) is 83.2. The molecule has 0 bridgehead atoms. The van der Waals surface area contributed by atoms with Crippen LogP contribution in [0.3, 0.4) is 0 Å². The van der Waals surface area contributed by atoms with E-state index in [1.165, 1.54) is 122 Å². The molecule has 532 valence electrons. The van der Waals surface area contributed by atoms with Gasteiger partial charge in [0.1, 0.15) is 73.2 Å². The highest BCUT2D eigenvalue weighted by Gasteiger charge is 2.53. The van der Waals surface area contributed by atoms with Gasteiger partial charge in [0, 0.05) is 6.42 Å². The summed E-state index contributed by atoms with van der Waals surface area (Å²) in [5.74, 6) is -0.294. The average Bonchev–Trinajstić information content (AvgIpc) is 0.837. The number of unbranched alkanes of at least 4 members (excludes halogenated alkanes) is 26. The molecular formula is C73H127NO18. The van der Waals surface area contributed by atoms with Crippen LogP contribution in [0.15, 0.2) is 85.1 Å². The molecule has 19 heteroatoms. The summed E-state index contributed by atoms with van der Waals surface area (Å²) in [6.45, 7) is 1.60. The summed E-state index contributed by atoms with van der Waals surface area (Å²) in [5.41, 5.74) is 0. The molecule has 19 nitrogen and oxygen atoms in total. The van der Waals surface area contributed by atoms with Crippen molar-refractivity contribution in [2.24, 2.45) is 0 Å². The molecule has 0 saturated carbocycles. The molecule has 1 amide bonds. The van der Waals surface area contributed by atoms with Crippen LogP contribution in [0.2, 0.25) is 0 Å². The normalized spacial score (nSPS) is 28.2. The molecule has 3 aliphatic rings. The Morgan fingerprint density at radius 3 is 1.22 bits per heavy atom. The van der Waals surface area contributed by atoms with Gasteiger partial charge in [0.25, 0.3) is 0 Å². The Morgan fingerprint density at radius 1 is 0.402 bits per heavy atom. The van der Waals surface area contributed by atoms with Gasteiger partial charge in [0.15, 0.2) is 18.9 Å². The van der Waals surface area contributed by atoms with Gasteiger partial charge >= 0.3 is 0 Å². The number of rotatable bonds is 54. The molecule has 0 aromatic heterocycles. The molecule has 3 saturated heterocycles. The third-order valence-electron chi connectivity index (χ3n) is 17.4. The monoisotopic (exact) mass is 1310 g/mol. The van der Waals surface area contributed by atoms with E-state index >= 15 is 0 Å². The Balaban J connectivity index is 1.45. The number of carbonyl (C=O) groups is 1. The molecule has 0 aliphatic carbocycles. The Labute approximate surface area is 552 Å². The van der Waals surface area contributed by atoms with Crippen LogP contribution in [0.1, 0.15) is 239 Å². The Morgan fingerprint density at radius 2 is 0.761 bits per heavy atom. The van der Waals surface area contributed by atoms with E-state index in [9.17, 15) is 61.0 Å². The van der Waals surface area contributed by atoms with E-state index in [1.807, 2.05) is 6.08 Å². The zero-order chi connectivity index (χ0) is 66.8. The van der Waals surface area contributed by atoms with Crippen molar-refractivity contribution in [3.05, 3.63) is 85.1 Å². The lowest BCUT2D eigenvalue weighted by Crippen LogP contribution is -2.66. The Bertz CT molecular complexity index is 2000. The number of hydrogen-bond acceptors (Lipinski definition) is 18. The van der Waals surface area contributed by atoms with Gasteiger partial charge in [0.2, 0.25) is 5.91 Å². The van der Waals surface area contributed by atoms with Gasteiger partial charge in [-0.3, -0.25) is 4.79 Å². The van der Waals surface area contributed by atoms with Crippen molar-refractivity contribution < 1.29 is 89.4 Å². The zero-order valence-electron chi connectivity index (χ0n) is 56.3. The smallest absolute Gasteiger partial charge is 0.220 e. The molecule has 3 aliphatic heterocycles. The van der Waals surface area contributed by atoms with E-state index in [1.54, 1.807) is 6.08 Å². The highest BCUT2D eigenvalue weighted by molar-refractivity contribution is 5.76. The molecule has 92 heavy (non-hydrogen) atoms. The van der Waals surface area contributed by atoms with Gasteiger partial charge in [-0.25, -0.2) is 0 Å². The van der Waals surface area contributed by atoms with Crippen molar-refractivity contribution in [1.29, 1.82) is 0 Å². The maximum Gasteiger partial charge on any atom is 0.220 e. The number of aliphatic hydroxyl groups is 11. The van der Waals surface area contributed by atoms with Crippen LogP contribution in [0.4, 0.5) is 0 Å². The van der Waals surface area contributed by atoms with Crippen molar-refractivity contribution in [2.45, 2.75) is 343 Å².